The first kappa shape index (κ1) is 13.1. The van der Waals surface area contributed by atoms with E-state index in [0.29, 0.717) is 5.92 Å². The van der Waals surface area contributed by atoms with Crippen molar-refractivity contribution in [1.82, 2.24) is 9.78 Å². The molecule has 1 aromatic rings. The van der Waals surface area contributed by atoms with Crippen molar-refractivity contribution in [3.63, 3.8) is 0 Å². The Balaban J connectivity index is 2.04. The molecule has 2 rings (SSSR count). The number of hydrogen-bond donors (Lipinski definition) is 1. The molecule has 0 spiro atoms. The molecule has 0 saturated heterocycles. The maximum atomic E-state index is 6.41. The van der Waals surface area contributed by atoms with E-state index in [0.717, 1.165) is 16.1 Å². The van der Waals surface area contributed by atoms with E-state index < -0.39 is 0 Å². The van der Waals surface area contributed by atoms with Crippen molar-refractivity contribution in [2.24, 2.45) is 24.6 Å². The van der Waals surface area contributed by atoms with Gasteiger partial charge in [0.2, 0.25) is 0 Å². The van der Waals surface area contributed by atoms with Gasteiger partial charge in [-0.05, 0) is 40.6 Å². The highest BCUT2D eigenvalue weighted by atomic mass is 79.9. The summed E-state index contributed by atoms with van der Waals surface area (Å²) in [4.78, 5) is 0. The summed E-state index contributed by atoms with van der Waals surface area (Å²) in [5.74, 6) is 1.54. The first-order valence-electron chi connectivity index (χ1n) is 6.56. The first-order valence-corrected chi connectivity index (χ1v) is 7.35. The molecule has 1 aliphatic carbocycles. The van der Waals surface area contributed by atoms with Gasteiger partial charge < -0.3 is 5.73 Å². The molecule has 1 fully saturated rings. The second kappa shape index (κ2) is 5.53. The predicted molar refractivity (Wildman–Crippen MR) is 73.6 cm³/mol. The summed E-state index contributed by atoms with van der Waals surface area (Å²) in [5, 5.41) is 4.25. The summed E-state index contributed by atoms with van der Waals surface area (Å²) in [6, 6.07) is 0.120. The van der Waals surface area contributed by atoms with Crippen molar-refractivity contribution in [2.45, 2.75) is 45.1 Å². The summed E-state index contributed by atoms with van der Waals surface area (Å²) < 4.78 is 2.95. The van der Waals surface area contributed by atoms with Crippen molar-refractivity contribution < 1.29 is 0 Å². The van der Waals surface area contributed by atoms with Crippen LogP contribution in [-0.4, -0.2) is 9.78 Å². The van der Waals surface area contributed by atoms with Crippen LogP contribution in [0.2, 0.25) is 0 Å². The van der Waals surface area contributed by atoms with Crippen LogP contribution in [0.3, 0.4) is 0 Å². The molecule has 1 saturated carbocycles. The molecular weight excluding hydrogens is 278 g/mol. The Morgan fingerprint density at radius 3 is 2.59 bits per heavy atom. The highest BCUT2D eigenvalue weighted by Gasteiger charge is 2.28. The van der Waals surface area contributed by atoms with E-state index in [9.17, 15) is 0 Å². The van der Waals surface area contributed by atoms with Crippen LogP contribution in [0.1, 0.15) is 50.8 Å². The fourth-order valence-corrected chi connectivity index (χ4v) is 3.59. The molecule has 0 amide bonds. The highest BCUT2D eigenvalue weighted by Crippen LogP contribution is 2.38. The van der Waals surface area contributed by atoms with E-state index in [-0.39, 0.29) is 6.04 Å². The van der Waals surface area contributed by atoms with Gasteiger partial charge in [-0.3, -0.25) is 4.68 Å². The monoisotopic (exact) mass is 299 g/mol. The lowest BCUT2D eigenvalue weighted by atomic mass is 9.77. The maximum Gasteiger partial charge on any atom is 0.0692 e. The van der Waals surface area contributed by atoms with Gasteiger partial charge in [0.15, 0.2) is 0 Å². The van der Waals surface area contributed by atoms with Crippen LogP contribution >= 0.6 is 15.9 Å². The molecule has 0 aliphatic heterocycles. The van der Waals surface area contributed by atoms with Gasteiger partial charge >= 0.3 is 0 Å². The minimum absolute atomic E-state index is 0.120. The van der Waals surface area contributed by atoms with Gasteiger partial charge in [0.1, 0.15) is 0 Å². The van der Waals surface area contributed by atoms with Gasteiger partial charge in [0.25, 0.3) is 0 Å². The molecule has 2 N–H and O–H groups in total. The zero-order chi connectivity index (χ0) is 12.4. The summed E-state index contributed by atoms with van der Waals surface area (Å²) in [5.41, 5.74) is 7.56. The SMILES string of the molecule is CCC1CCC(C(N)c2c(Br)cnn2C)CC1. The largest absolute Gasteiger partial charge is 0.322 e. The Bertz CT molecular complexity index is 347. The summed E-state index contributed by atoms with van der Waals surface area (Å²) in [6.45, 7) is 2.29. The lowest BCUT2D eigenvalue weighted by Gasteiger charge is -2.31. The molecule has 3 nitrogen and oxygen atoms in total. The van der Waals surface area contributed by atoms with Gasteiger partial charge in [-0.2, -0.15) is 5.10 Å². The number of rotatable bonds is 3. The zero-order valence-corrected chi connectivity index (χ0v) is 12.3. The van der Waals surface area contributed by atoms with Crippen LogP contribution in [0.4, 0.5) is 0 Å². The minimum Gasteiger partial charge on any atom is -0.322 e. The number of halogens is 1. The molecule has 1 heterocycles. The zero-order valence-electron chi connectivity index (χ0n) is 10.7. The van der Waals surface area contributed by atoms with Gasteiger partial charge in [-0.25, -0.2) is 0 Å². The molecule has 1 aromatic heterocycles. The van der Waals surface area contributed by atoms with E-state index in [4.69, 9.17) is 5.73 Å². The van der Waals surface area contributed by atoms with Crippen LogP contribution in [-0.2, 0) is 7.05 Å². The van der Waals surface area contributed by atoms with Crippen LogP contribution in [0, 0.1) is 11.8 Å². The van der Waals surface area contributed by atoms with E-state index in [2.05, 4.69) is 28.0 Å². The van der Waals surface area contributed by atoms with E-state index in [1.807, 2.05) is 17.9 Å². The Morgan fingerprint density at radius 1 is 1.47 bits per heavy atom. The summed E-state index contributed by atoms with van der Waals surface area (Å²) in [7, 11) is 1.97. The van der Waals surface area contributed by atoms with Crippen LogP contribution < -0.4 is 5.73 Å². The van der Waals surface area contributed by atoms with Crippen LogP contribution in [0.15, 0.2) is 10.7 Å². The van der Waals surface area contributed by atoms with Crippen molar-refractivity contribution in [3.8, 4) is 0 Å². The molecule has 0 aromatic carbocycles. The average molecular weight is 300 g/mol. The third kappa shape index (κ3) is 2.74. The Kier molecular flexibility index (Phi) is 4.26. The first-order chi connectivity index (χ1) is 8.13. The Morgan fingerprint density at radius 2 is 2.12 bits per heavy atom. The number of aryl methyl sites for hydroxylation is 1. The molecule has 4 heteroatoms. The lowest BCUT2D eigenvalue weighted by Crippen LogP contribution is -2.27. The quantitative estimate of drug-likeness (QED) is 0.929. The van der Waals surface area contributed by atoms with Gasteiger partial charge in [0, 0.05) is 7.05 Å². The fourth-order valence-electron chi connectivity index (χ4n) is 2.97. The van der Waals surface area contributed by atoms with Crippen molar-refractivity contribution >= 4 is 15.9 Å². The molecule has 0 radical (unpaired) electrons. The Labute approximate surface area is 112 Å². The van der Waals surface area contributed by atoms with Crippen LogP contribution in [0.5, 0.6) is 0 Å². The van der Waals surface area contributed by atoms with Gasteiger partial charge in [-0.1, -0.05) is 26.2 Å². The minimum atomic E-state index is 0.120. The molecule has 1 aliphatic rings. The normalized spacial score (nSPS) is 27.1. The summed E-state index contributed by atoms with van der Waals surface area (Å²) in [6.07, 6.45) is 8.35. The highest BCUT2D eigenvalue weighted by molar-refractivity contribution is 9.10. The van der Waals surface area contributed by atoms with Crippen molar-refractivity contribution in [1.29, 1.82) is 0 Å². The van der Waals surface area contributed by atoms with E-state index in [1.165, 1.54) is 32.1 Å². The molecule has 1 atom stereocenters. The summed E-state index contributed by atoms with van der Waals surface area (Å²) >= 11 is 3.55. The lowest BCUT2D eigenvalue weighted by molar-refractivity contribution is 0.235. The maximum absolute atomic E-state index is 6.41. The van der Waals surface area contributed by atoms with Gasteiger partial charge in [-0.15, -0.1) is 0 Å². The fraction of sp³-hybridized carbons (Fsp3) is 0.769. The van der Waals surface area contributed by atoms with Crippen molar-refractivity contribution in [3.05, 3.63) is 16.4 Å². The number of nitrogens with zero attached hydrogens (tertiary/aromatic N) is 2. The second-order valence-corrected chi connectivity index (χ2v) is 6.07. The molecule has 96 valence electrons. The third-order valence-electron chi connectivity index (χ3n) is 4.23. The number of hydrogen-bond acceptors (Lipinski definition) is 2. The van der Waals surface area contributed by atoms with Crippen LogP contribution in [0.25, 0.3) is 0 Å². The molecule has 0 bridgehead atoms. The van der Waals surface area contributed by atoms with Gasteiger partial charge in [0.05, 0.1) is 22.4 Å². The smallest absolute Gasteiger partial charge is 0.0692 e. The average Bonchev–Trinajstić information content (AvgIpc) is 2.68. The second-order valence-electron chi connectivity index (χ2n) is 5.22. The Hall–Kier alpha value is -0.350. The number of aromatic nitrogens is 2. The number of nitrogens with two attached hydrogens (primary N) is 1. The molecular formula is C13H22BrN3. The molecule has 17 heavy (non-hydrogen) atoms. The topological polar surface area (TPSA) is 43.8 Å². The van der Waals surface area contributed by atoms with E-state index in [1.54, 1.807) is 0 Å². The molecule has 1 unspecified atom stereocenters. The standard InChI is InChI=1S/C13H22BrN3/c1-3-9-4-6-10(7-5-9)12(15)13-11(14)8-16-17(13)2/h8-10,12H,3-7,15H2,1-2H3. The third-order valence-corrected chi connectivity index (χ3v) is 4.84. The predicted octanol–water partition coefficient (Wildman–Crippen LogP) is 3.40. The van der Waals surface area contributed by atoms with Crippen molar-refractivity contribution in [2.75, 3.05) is 0 Å². The van der Waals surface area contributed by atoms with E-state index >= 15 is 0 Å².